The zero-order valence-corrected chi connectivity index (χ0v) is 16.9. The molecule has 1 fully saturated rings. The van der Waals surface area contributed by atoms with Gasteiger partial charge in [0.2, 0.25) is 5.92 Å². The van der Waals surface area contributed by atoms with Crippen LogP contribution >= 0.6 is 0 Å². The number of carbonyl (C=O) groups is 2. The lowest BCUT2D eigenvalue weighted by atomic mass is 9.80. The van der Waals surface area contributed by atoms with Crippen molar-refractivity contribution in [3.63, 3.8) is 0 Å². The van der Waals surface area contributed by atoms with Gasteiger partial charge in [0.05, 0.1) is 12.2 Å². The topological polar surface area (TPSA) is 75.5 Å². The highest BCUT2D eigenvalue weighted by Crippen LogP contribution is 2.43. The van der Waals surface area contributed by atoms with Crippen molar-refractivity contribution in [2.45, 2.75) is 51.0 Å². The Bertz CT molecular complexity index is 1020. The summed E-state index contributed by atoms with van der Waals surface area (Å²) in [5.41, 5.74) is 1.87. The molecule has 1 aromatic carbocycles. The van der Waals surface area contributed by atoms with E-state index in [0.717, 1.165) is 16.8 Å². The number of halogens is 2. The van der Waals surface area contributed by atoms with E-state index in [2.05, 4.69) is 15.2 Å². The van der Waals surface area contributed by atoms with Crippen LogP contribution in [0.3, 0.4) is 0 Å². The summed E-state index contributed by atoms with van der Waals surface area (Å²) in [4.78, 5) is 31.5. The third-order valence-corrected chi connectivity index (χ3v) is 5.92. The van der Waals surface area contributed by atoms with E-state index < -0.39 is 11.5 Å². The second-order valence-corrected chi connectivity index (χ2v) is 8.00. The maximum Gasteiger partial charge on any atom is 0.256 e. The second-order valence-electron chi connectivity index (χ2n) is 8.00. The monoisotopic (exact) mass is 412 g/mol. The van der Waals surface area contributed by atoms with Crippen LogP contribution < -0.4 is 0 Å². The molecule has 0 bridgehead atoms. The number of carbonyl (C=O) groups excluding carboxylic acids is 2. The van der Waals surface area contributed by atoms with Crippen LogP contribution in [-0.2, 0) is 4.79 Å². The van der Waals surface area contributed by atoms with Gasteiger partial charge >= 0.3 is 0 Å². The normalized spacial score (nSPS) is 19.8. The average molecular weight is 412 g/mol. The molecule has 1 aromatic heterocycles. The van der Waals surface area contributed by atoms with E-state index in [-0.39, 0.29) is 43.9 Å². The van der Waals surface area contributed by atoms with E-state index in [0.29, 0.717) is 11.4 Å². The Hall–Kier alpha value is -3.03. The van der Waals surface area contributed by atoms with Crippen LogP contribution in [0.2, 0.25) is 0 Å². The van der Waals surface area contributed by atoms with Crippen molar-refractivity contribution in [1.29, 1.82) is 0 Å². The molecule has 1 aliphatic heterocycles. The maximum atomic E-state index is 13.5. The minimum absolute atomic E-state index is 0.00697. The smallest absolute Gasteiger partial charge is 0.256 e. The second kappa shape index (κ2) is 7.34. The lowest BCUT2D eigenvalue weighted by Crippen LogP contribution is -2.47. The van der Waals surface area contributed by atoms with Gasteiger partial charge in [-0.2, -0.15) is 10.2 Å². The Balaban J connectivity index is 1.47. The van der Waals surface area contributed by atoms with Crippen LogP contribution in [0.4, 0.5) is 8.78 Å². The number of benzene rings is 1. The van der Waals surface area contributed by atoms with Gasteiger partial charge in [-0.05, 0) is 38.3 Å². The predicted octanol–water partition coefficient (Wildman–Crippen LogP) is 3.84. The van der Waals surface area contributed by atoms with Crippen LogP contribution in [0.1, 0.15) is 48.5 Å². The van der Waals surface area contributed by atoms with Gasteiger partial charge in [-0.1, -0.05) is 24.3 Å². The van der Waals surface area contributed by atoms with Crippen LogP contribution in [-0.4, -0.2) is 50.6 Å². The van der Waals surface area contributed by atoms with Crippen molar-refractivity contribution < 1.29 is 18.4 Å². The van der Waals surface area contributed by atoms with Crippen LogP contribution in [0.15, 0.2) is 41.5 Å². The number of alkyl halides is 2. The van der Waals surface area contributed by atoms with E-state index in [4.69, 9.17) is 0 Å². The van der Waals surface area contributed by atoms with Gasteiger partial charge in [0.1, 0.15) is 11.4 Å². The third kappa shape index (κ3) is 3.62. The van der Waals surface area contributed by atoms with Gasteiger partial charge in [0.15, 0.2) is 5.78 Å². The zero-order valence-electron chi connectivity index (χ0n) is 16.9. The van der Waals surface area contributed by atoms with E-state index in [9.17, 15) is 18.4 Å². The number of hydrogen-bond acceptors (Lipinski definition) is 5. The van der Waals surface area contributed by atoms with Crippen LogP contribution in [0, 0.1) is 6.92 Å². The largest absolute Gasteiger partial charge is 0.292 e. The number of nitrogens with zero attached hydrogens (tertiary/aromatic N) is 4. The van der Waals surface area contributed by atoms with Crippen LogP contribution in [0.5, 0.6) is 0 Å². The first kappa shape index (κ1) is 20.3. The minimum atomic E-state index is -2.75. The zero-order chi connectivity index (χ0) is 21.5. The van der Waals surface area contributed by atoms with Gasteiger partial charge in [-0.3, -0.25) is 19.5 Å². The number of amidine groups is 1. The van der Waals surface area contributed by atoms with Crippen molar-refractivity contribution in [3.8, 4) is 11.3 Å². The first-order valence-corrected chi connectivity index (χ1v) is 9.89. The Morgan fingerprint density at radius 2 is 1.73 bits per heavy atom. The number of rotatable bonds is 4. The van der Waals surface area contributed by atoms with Gasteiger partial charge < -0.3 is 0 Å². The molecule has 8 heteroatoms. The molecule has 0 N–H and O–H groups in total. The molecule has 6 nitrogen and oxygen atoms in total. The van der Waals surface area contributed by atoms with Gasteiger partial charge in [-0.15, -0.1) is 0 Å². The summed E-state index contributed by atoms with van der Waals surface area (Å²) in [5.74, 6) is -2.93. The van der Waals surface area contributed by atoms with E-state index >= 15 is 0 Å². The van der Waals surface area contributed by atoms with E-state index in [1.807, 2.05) is 13.0 Å². The molecule has 1 spiro atoms. The molecule has 0 radical (unpaired) electrons. The number of hydrogen-bond donors (Lipinski definition) is 0. The highest BCUT2D eigenvalue weighted by molar-refractivity contribution is 6.11. The molecule has 2 aromatic rings. The molecule has 0 unspecified atom stereocenters. The highest BCUT2D eigenvalue weighted by Gasteiger charge is 2.53. The molecule has 0 saturated heterocycles. The van der Waals surface area contributed by atoms with Crippen molar-refractivity contribution in [2.75, 3.05) is 6.54 Å². The number of Topliss-reactive ketones (excluding diaryl/α,β-unsaturated/α-hetero) is 1. The third-order valence-electron chi connectivity index (χ3n) is 5.92. The number of aliphatic imine (C=N–C) groups is 1. The highest BCUT2D eigenvalue weighted by atomic mass is 19.3. The molecular weight excluding hydrogens is 390 g/mol. The van der Waals surface area contributed by atoms with E-state index in [1.165, 1.54) is 4.90 Å². The Morgan fingerprint density at radius 1 is 1.07 bits per heavy atom. The average Bonchev–Trinajstić information content (AvgIpc) is 2.95. The SMILES string of the molecule is CC1=NC2(CCC(F)(F)CC2)C(=O)N1CC(=O)c1ccc(-c2nnccc2C)cc1. The fraction of sp³-hybridized carbons (Fsp3) is 0.409. The molecule has 1 aliphatic carbocycles. The molecule has 1 saturated carbocycles. The Labute approximate surface area is 173 Å². The Kier molecular flexibility index (Phi) is 4.95. The van der Waals surface area contributed by atoms with Crippen molar-refractivity contribution in [3.05, 3.63) is 47.7 Å². The lowest BCUT2D eigenvalue weighted by molar-refractivity contribution is -0.135. The summed E-state index contributed by atoms with van der Waals surface area (Å²) < 4.78 is 27.1. The Morgan fingerprint density at radius 3 is 2.37 bits per heavy atom. The van der Waals surface area contributed by atoms with Crippen LogP contribution in [0.25, 0.3) is 11.3 Å². The summed E-state index contributed by atoms with van der Waals surface area (Å²) in [7, 11) is 0. The summed E-state index contributed by atoms with van der Waals surface area (Å²) in [5, 5.41) is 8.02. The maximum absolute atomic E-state index is 13.5. The quantitative estimate of drug-likeness (QED) is 0.715. The predicted molar refractivity (Wildman–Crippen MR) is 108 cm³/mol. The van der Waals surface area contributed by atoms with Crippen molar-refractivity contribution >= 4 is 17.5 Å². The molecule has 4 rings (SSSR count). The van der Waals surface area contributed by atoms with E-state index in [1.54, 1.807) is 37.4 Å². The van der Waals surface area contributed by atoms with Crippen molar-refractivity contribution in [1.82, 2.24) is 15.1 Å². The molecule has 0 atom stereocenters. The first-order chi connectivity index (χ1) is 14.2. The number of aryl methyl sites for hydroxylation is 1. The standard InChI is InChI=1S/C22H22F2N4O2/c1-14-7-12-25-27-19(14)17-5-3-16(4-6-17)18(29)13-28-15(2)26-21(20(28)30)8-10-22(23,24)11-9-21/h3-7,12H,8-11,13H2,1-2H3. The van der Waals surface area contributed by atoms with Gasteiger partial charge in [0.25, 0.3) is 5.91 Å². The number of ketones is 1. The number of aromatic nitrogens is 2. The molecule has 2 aliphatic rings. The lowest BCUT2D eigenvalue weighted by Gasteiger charge is -2.33. The molecule has 2 heterocycles. The summed E-state index contributed by atoms with van der Waals surface area (Å²) in [6.07, 6.45) is 0.912. The fourth-order valence-electron chi connectivity index (χ4n) is 4.09. The molecule has 30 heavy (non-hydrogen) atoms. The molecule has 156 valence electrons. The fourth-order valence-corrected chi connectivity index (χ4v) is 4.09. The summed E-state index contributed by atoms with van der Waals surface area (Å²) >= 11 is 0. The minimum Gasteiger partial charge on any atom is -0.292 e. The molecule has 1 amide bonds. The molecular formula is C22H22F2N4O2. The van der Waals surface area contributed by atoms with Gasteiger partial charge in [0, 0.05) is 30.2 Å². The van der Waals surface area contributed by atoms with Gasteiger partial charge in [-0.25, -0.2) is 8.78 Å². The number of amides is 1. The summed E-state index contributed by atoms with van der Waals surface area (Å²) in [6.45, 7) is 3.42. The van der Waals surface area contributed by atoms with Crippen molar-refractivity contribution in [2.24, 2.45) is 4.99 Å². The summed E-state index contributed by atoms with van der Waals surface area (Å²) in [6, 6.07) is 8.83. The first-order valence-electron chi connectivity index (χ1n) is 9.89.